The minimum Gasteiger partial charge on any atom is -0.355 e. The number of carbonyl (C=O) groups is 1. The first kappa shape index (κ1) is 15.2. The Morgan fingerprint density at radius 3 is 2.86 bits per heavy atom. The third-order valence-corrected chi connectivity index (χ3v) is 4.40. The Morgan fingerprint density at radius 1 is 1.41 bits per heavy atom. The number of aromatic nitrogens is 2. The van der Waals surface area contributed by atoms with Crippen LogP contribution in [0.3, 0.4) is 0 Å². The fourth-order valence-electron chi connectivity index (χ4n) is 3.15. The number of nitrogens with zero attached hydrogens (tertiary/aromatic N) is 3. The first-order valence-electron chi connectivity index (χ1n) is 8.04. The highest BCUT2D eigenvalue weighted by atomic mass is 16.1. The van der Waals surface area contributed by atoms with Crippen molar-refractivity contribution in [1.82, 2.24) is 26.4 Å². The van der Waals surface area contributed by atoms with E-state index < -0.39 is 0 Å². The molecule has 0 saturated carbocycles. The third-order valence-electron chi connectivity index (χ3n) is 4.40. The maximum atomic E-state index is 12.1. The molecule has 1 aromatic heterocycles. The van der Waals surface area contributed by atoms with E-state index in [4.69, 9.17) is 0 Å². The number of nitrogens with one attached hydrogen (secondary N) is 3. The van der Waals surface area contributed by atoms with Crippen molar-refractivity contribution in [3.05, 3.63) is 18.3 Å². The molecule has 3 rings (SSSR count). The van der Waals surface area contributed by atoms with Crippen LogP contribution in [0.25, 0.3) is 0 Å². The van der Waals surface area contributed by atoms with E-state index in [-0.39, 0.29) is 12.1 Å². The van der Waals surface area contributed by atoms with Gasteiger partial charge in [-0.3, -0.25) is 10.2 Å². The standard InChI is InChI=1S/C15H24N6O/c1-11-9-13(19-18-11)17-15(22)10-12-4-7-21(8-5-12)14-3-2-6-16-20-14/h2-3,6,11-13,18-19H,4-5,7-10H2,1H3,(H,17,22). The average Bonchev–Trinajstić information content (AvgIpc) is 2.94. The van der Waals surface area contributed by atoms with Gasteiger partial charge in [-0.25, -0.2) is 5.43 Å². The molecule has 120 valence electrons. The van der Waals surface area contributed by atoms with Gasteiger partial charge in [0.2, 0.25) is 5.91 Å². The molecule has 3 N–H and O–H groups in total. The highest BCUT2D eigenvalue weighted by Crippen LogP contribution is 2.23. The van der Waals surface area contributed by atoms with Crippen molar-refractivity contribution in [3.63, 3.8) is 0 Å². The van der Waals surface area contributed by atoms with Gasteiger partial charge in [0.05, 0.1) is 6.17 Å². The molecule has 0 aliphatic carbocycles. The molecule has 2 atom stereocenters. The first-order valence-corrected chi connectivity index (χ1v) is 8.04. The number of hydrogen-bond acceptors (Lipinski definition) is 6. The summed E-state index contributed by atoms with van der Waals surface area (Å²) in [6.07, 6.45) is 5.33. The molecule has 22 heavy (non-hydrogen) atoms. The van der Waals surface area contributed by atoms with Gasteiger partial charge in [-0.1, -0.05) is 0 Å². The molecule has 3 heterocycles. The summed E-state index contributed by atoms with van der Waals surface area (Å²) >= 11 is 0. The van der Waals surface area contributed by atoms with Crippen LogP contribution in [0, 0.1) is 5.92 Å². The second-order valence-electron chi connectivity index (χ2n) is 6.26. The van der Waals surface area contributed by atoms with Crippen LogP contribution in [0.1, 0.15) is 32.6 Å². The molecule has 1 amide bonds. The number of carbonyl (C=O) groups excluding carboxylic acids is 1. The Labute approximate surface area is 130 Å². The Bertz CT molecular complexity index is 488. The fraction of sp³-hybridized carbons (Fsp3) is 0.667. The molecule has 0 aromatic carbocycles. The van der Waals surface area contributed by atoms with E-state index in [0.29, 0.717) is 18.4 Å². The Hall–Kier alpha value is -1.73. The largest absolute Gasteiger partial charge is 0.355 e. The first-order chi connectivity index (χ1) is 10.7. The summed E-state index contributed by atoms with van der Waals surface area (Å²) in [4.78, 5) is 14.4. The lowest BCUT2D eigenvalue weighted by Gasteiger charge is -2.32. The summed E-state index contributed by atoms with van der Waals surface area (Å²) < 4.78 is 0. The van der Waals surface area contributed by atoms with E-state index in [2.05, 4.69) is 38.2 Å². The third kappa shape index (κ3) is 3.92. The average molecular weight is 304 g/mol. The lowest BCUT2D eigenvalue weighted by molar-refractivity contribution is -0.123. The molecule has 2 aliphatic heterocycles. The highest BCUT2D eigenvalue weighted by Gasteiger charge is 2.25. The summed E-state index contributed by atoms with van der Waals surface area (Å²) in [6.45, 7) is 3.98. The van der Waals surface area contributed by atoms with E-state index in [9.17, 15) is 4.79 Å². The number of piperidine rings is 1. The predicted octanol–water partition coefficient (Wildman–Crippen LogP) is 0.412. The molecule has 1 aromatic rings. The molecule has 2 saturated heterocycles. The van der Waals surface area contributed by atoms with Gasteiger partial charge in [0.15, 0.2) is 5.82 Å². The molecule has 2 unspecified atom stereocenters. The molecular formula is C15H24N6O. The van der Waals surface area contributed by atoms with Crippen molar-refractivity contribution in [1.29, 1.82) is 0 Å². The number of rotatable bonds is 4. The fourth-order valence-corrected chi connectivity index (χ4v) is 3.15. The van der Waals surface area contributed by atoms with Gasteiger partial charge in [0.1, 0.15) is 0 Å². The van der Waals surface area contributed by atoms with Gasteiger partial charge in [-0.2, -0.15) is 5.10 Å². The van der Waals surface area contributed by atoms with E-state index >= 15 is 0 Å². The Balaban J connectivity index is 1.41. The molecule has 0 radical (unpaired) electrons. The zero-order chi connectivity index (χ0) is 15.4. The lowest BCUT2D eigenvalue weighted by atomic mass is 9.93. The second-order valence-corrected chi connectivity index (χ2v) is 6.26. The molecule has 2 aliphatic rings. The van der Waals surface area contributed by atoms with Crippen LogP contribution in [0.4, 0.5) is 5.82 Å². The Kier molecular flexibility index (Phi) is 4.84. The van der Waals surface area contributed by atoms with Crippen molar-refractivity contribution in [3.8, 4) is 0 Å². The van der Waals surface area contributed by atoms with Crippen LogP contribution in [-0.4, -0.2) is 41.4 Å². The maximum absolute atomic E-state index is 12.1. The second kappa shape index (κ2) is 7.02. The summed E-state index contributed by atoms with van der Waals surface area (Å²) in [5.41, 5.74) is 6.22. The SMILES string of the molecule is CC1CC(NC(=O)CC2CCN(c3cccnn3)CC2)NN1. The van der Waals surface area contributed by atoms with Gasteiger partial charge in [-0.05, 0) is 44.2 Å². The zero-order valence-corrected chi connectivity index (χ0v) is 13.0. The number of anilines is 1. The predicted molar refractivity (Wildman–Crippen MR) is 83.9 cm³/mol. The molecule has 7 heteroatoms. The molecule has 0 spiro atoms. The quantitative estimate of drug-likeness (QED) is 0.747. The van der Waals surface area contributed by atoms with Crippen LogP contribution in [0.2, 0.25) is 0 Å². The van der Waals surface area contributed by atoms with Crippen molar-refractivity contribution in [2.75, 3.05) is 18.0 Å². The van der Waals surface area contributed by atoms with Crippen LogP contribution >= 0.6 is 0 Å². The van der Waals surface area contributed by atoms with Crippen molar-refractivity contribution >= 4 is 11.7 Å². The minimum atomic E-state index is 0.0576. The van der Waals surface area contributed by atoms with Gasteiger partial charge in [0, 0.05) is 31.7 Å². The van der Waals surface area contributed by atoms with Crippen molar-refractivity contribution in [2.24, 2.45) is 5.92 Å². The van der Waals surface area contributed by atoms with Crippen LogP contribution in [0.5, 0.6) is 0 Å². The highest BCUT2D eigenvalue weighted by molar-refractivity contribution is 5.76. The van der Waals surface area contributed by atoms with E-state index in [1.807, 2.05) is 12.1 Å². The molecule has 7 nitrogen and oxygen atoms in total. The Morgan fingerprint density at radius 2 is 2.23 bits per heavy atom. The topological polar surface area (TPSA) is 82.2 Å². The number of hydrogen-bond donors (Lipinski definition) is 3. The van der Waals surface area contributed by atoms with E-state index in [1.54, 1.807) is 6.20 Å². The summed E-state index contributed by atoms with van der Waals surface area (Å²) in [6, 6.07) is 4.30. The summed E-state index contributed by atoms with van der Waals surface area (Å²) in [7, 11) is 0. The number of hydrazine groups is 1. The van der Waals surface area contributed by atoms with Gasteiger partial charge in [-0.15, -0.1) is 5.10 Å². The lowest BCUT2D eigenvalue weighted by Crippen LogP contribution is -2.45. The zero-order valence-electron chi connectivity index (χ0n) is 13.0. The van der Waals surface area contributed by atoms with E-state index in [1.165, 1.54) is 0 Å². The molecule has 0 bridgehead atoms. The van der Waals surface area contributed by atoms with Gasteiger partial charge >= 0.3 is 0 Å². The number of amides is 1. The summed E-state index contributed by atoms with van der Waals surface area (Å²) in [5.74, 6) is 1.53. The normalized spacial score (nSPS) is 26.1. The maximum Gasteiger partial charge on any atom is 0.221 e. The van der Waals surface area contributed by atoms with E-state index in [0.717, 1.165) is 38.2 Å². The van der Waals surface area contributed by atoms with Gasteiger partial charge < -0.3 is 10.2 Å². The molecular weight excluding hydrogens is 280 g/mol. The van der Waals surface area contributed by atoms with Crippen LogP contribution in [0.15, 0.2) is 18.3 Å². The van der Waals surface area contributed by atoms with Crippen LogP contribution < -0.4 is 21.1 Å². The summed E-state index contributed by atoms with van der Waals surface area (Å²) in [5, 5.41) is 11.1. The smallest absolute Gasteiger partial charge is 0.221 e. The van der Waals surface area contributed by atoms with Crippen LogP contribution in [-0.2, 0) is 4.79 Å². The van der Waals surface area contributed by atoms with Crippen molar-refractivity contribution in [2.45, 2.75) is 44.8 Å². The van der Waals surface area contributed by atoms with Crippen molar-refractivity contribution < 1.29 is 4.79 Å². The van der Waals surface area contributed by atoms with Gasteiger partial charge in [0.25, 0.3) is 0 Å². The molecule has 2 fully saturated rings. The monoisotopic (exact) mass is 304 g/mol. The minimum absolute atomic E-state index is 0.0576.